The summed E-state index contributed by atoms with van der Waals surface area (Å²) in [6.07, 6.45) is 1.95. The summed E-state index contributed by atoms with van der Waals surface area (Å²) in [5, 5.41) is 18.7. The van der Waals surface area contributed by atoms with Gasteiger partial charge in [-0.25, -0.2) is 23.1 Å². The molecule has 0 bridgehead atoms. The number of fused-ring (bicyclic) bond motifs is 2. The molecule has 2 aromatic heterocycles. The molecule has 0 saturated carbocycles. The molecular formula is C27H22F2N6O5. The van der Waals surface area contributed by atoms with E-state index in [1.165, 1.54) is 18.2 Å². The molecule has 0 aliphatic heterocycles. The first-order valence-electron chi connectivity index (χ1n) is 12.1. The Morgan fingerprint density at radius 3 is 2.58 bits per heavy atom. The van der Waals surface area contributed by atoms with E-state index in [-0.39, 0.29) is 34.7 Å². The van der Waals surface area contributed by atoms with Gasteiger partial charge in [-0.3, -0.25) is 14.4 Å². The summed E-state index contributed by atoms with van der Waals surface area (Å²) in [5.74, 6) is -5.06. The number of carbonyl (C=O) groups is 4. The highest BCUT2D eigenvalue weighted by atomic mass is 19.1. The Kier molecular flexibility index (Phi) is 6.71. The third-order valence-corrected chi connectivity index (χ3v) is 6.87. The van der Waals surface area contributed by atoms with E-state index >= 15 is 0 Å². The number of benzene rings is 2. The summed E-state index contributed by atoms with van der Waals surface area (Å²) < 4.78 is 29.2. The first kappa shape index (κ1) is 26.4. The monoisotopic (exact) mass is 548 g/mol. The van der Waals surface area contributed by atoms with Crippen molar-refractivity contribution >= 4 is 29.3 Å². The van der Waals surface area contributed by atoms with Crippen molar-refractivity contribution in [2.45, 2.75) is 32.4 Å². The average molecular weight is 549 g/mol. The molecule has 2 aromatic carbocycles. The molecule has 4 aromatic rings. The average Bonchev–Trinajstić information content (AvgIpc) is 3.51. The summed E-state index contributed by atoms with van der Waals surface area (Å²) in [4.78, 5) is 53.1. The number of aromatic carboxylic acids is 1. The highest BCUT2D eigenvalue weighted by Crippen LogP contribution is 2.35. The minimum atomic E-state index is -1.04. The first-order valence-corrected chi connectivity index (χ1v) is 12.1. The molecule has 11 nitrogen and oxygen atoms in total. The number of carboxylic acid groups (broad SMARTS) is 1. The van der Waals surface area contributed by atoms with Gasteiger partial charge >= 0.3 is 5.97 Å². The fourth-order valence-electron chi connectivity index (χ4n) is 4.85. The highest BCUT2D eigenvalue weighted by molar-refractivity contribution is 5.98. The van der Waals surface area contributed by atoms with E-state index < -0.39 is 41.4 Å². The fourth-order valence-corrected chi connectivity index (χ4v) is 4.85. The SMILES string of the molecule is Cc1c(C(=O)O)ccc2c1CC[C@@H]2NC(=O)c1cc(C(=O)NCc2ccc(F)c(C(N)=O)c2)nc2c(F)cnn12. The van der Waals surface area contributed by atoms with Crippen molar-refractivity contribution in [1.29, 1.82) is 0 Å². The smallest absolute Gasteiger partial charge is 0.335 e. The minimum Gasteiger partial charge on any atom is -0.478 e. The largest absolute Gasteiger partial charge is 0.478 e. The number of primary amides is 1. The minimum absolute atomic E-state index is 0.133. The Labute approximate surface area is 225 Å². The van der Waals surface area contributed by atoms with Gasteiger partial charge in [0.25, 0.3) is 17.7 Å². The summed E-state index contributed by atoms with van der Waals surface area (Å²) in [6.45, 7) is 1.59. The van der Waals surface area contributed by atoms with Crippen LogP contribution < -0.4 is 16.4 Å². The van der Waals surface area contributed by atoms with Gasteiger partial charge in [0.1, 0.15) is 17.2 Å². The van der Waals surface area contributed by atoms with Crippen molar-refractivity contribution < 1.29 is 33.1 Å². The summed E-state index contributed by atoms with van der Waals surface area (Å²) >= 11 is 0. The van der Waals surface area contributed by atoms with Crippen LogP contribution in [0.5, 0.6) is 0 Å². The van der Waals surface area contributed by atoms with Crippen LogP contribution in [0.15, 0.2) is 42.6 Å². The number of hydrogen-bond donors (Lipinski definition) is 4. The number of nitrogens with zero attached hydrogens (tertiary/aromatic N) is 3. The van der Waals surface area contributed by atoms with Crippen LogP contribution in [0.2, 0.25) is 0 Å². The number of amides is 3. The molecule has 3 amide bonds. The maximum absolute atomic E-state index is 14.5. The second kappa shape index (κ2) is 10.2. The zero-order valence-electron chi connectivity index (χ0n) is 21.0. The molecule has 2 heterocycles. The van der Waals surface area contributed by atoms with Crippen LogP contribution in [-0.4, -0.2) is 43.4 Å². The highest BCUT2D eigenvalue weighted by Gasteiger charge is 2.29. The van der Waals surface area contributed by atoms with Gasteiger partial charge in [-0.2, -0.15) is 5.10 Å². The third-order valence-electron chi connectivity index (χ3n) is 6.87. The first-order chi connectivity index (χ1) is 19.0. The van der Waals surface area contributed by atoms with Crippen molar-refractivity contribution in [2.24, 2.45) is 5.73 Å². The Balaban J connectivity index is 1.40. The van der Waals surface area contributed by atoms with Gasteiger partial charge in [0.2, 0.25) is 0 Å². The number of aromatic nitrogens is 3. The molecule has 5 N–H and O–H groups in total. The quantitative estimate of drug-likeness (QED) is 0.275. The number of hydrogen-bond acceptors (Lipinski definition) is 6. The van der Waals surface area contributed by atoms with Gasteiger partial charge in [-0.05, 0) is 60.2 Å². The molecule has 0 spiro atoms. The molecule has 1 atom stereocenters. The molecule has 1 aliphatic carbocycles. The molecule has 0 saturated heterocycles. The lowest BCUT2D eigenvalue weighted by molar-refractivity contribution is 0.0695. The predicted molar refractivity (Wildman–Crippen MR) is 136 cm³/mol. The number of carboxylic acids is 1. The zero-order chi connectivity index (χ0) is 28.7. The summed E-state index contributed by atoms with van der Waals surface area (Å²) in [5.41, 5.74) is 6.87. The lowest BCUT2D eigenvalue weighted by Crippen LogP contribution is -2.31. The number of halogens is 2. The normalized spacial score (nSPS) is 14.1. The van der Waals surface area contributed by atoms with Crippen molar-refractivity contribution in [2.75, 3.05) is 0 Å². The lowest BCUT2D eigenvalue weighted by atomic mass is 9.98. The molecule has 0 radical (unpaired) electrons. The Bertz CT molecular complexity index is 1730. The standard InChI is InChI=1S/C27H22F2N6O5/c1-12-14-5-7-20(16(14)4-3-15(12)27(39)40)34-26(38)22-9-21(33-24-19(29)11-32-35(22)24)25(37)31-10-13-2-6-18(28)17(8-13)23(30)36/h2-4,6,8-9,11,20H,5,7,10H2,1H3,(H2,30,36)(H,31,37)(H,34,38)(H,39,40)/t20-/m0/s1. The van der Waals surface area contributed by atoms with Crippen LogP contribution in [-0.2, 0) is 13.0 Å². The number of carbonyl (C=O) groups excluding carboxylic acids is 3. The van der Waals surface area contributed by atoms with Gasteiger partial charge in [-0.1, -0.05) is 12.1 Å². The van der Waals surface area contributed by atoms with Crippen molar-refractivity contribution in [3.05, 3.63) is 99.0 Å². The lowest BCUT2D eigenvalue weighted by Gasteiger charge is -2.16. The molecule has 204 valence electrons. The van der Waals surface area contributed by atoms with E-state index in [0.29, 0.717) is 24.0 Å². The van der Waals surface area contributed by atoms with Crippen LogP contribution in [0.1, 0.15) is 76.4 Å². The number of rotatable bonds is 7. The van der Waals surface area contributed by atoms with E-state index in [9.17, 15) is 33.1 Å². The number of nitrogens with one attached hydrogen (secondary N) is 2. The second-order valence-corrected chi connectivity index (χ2v) is 9.29. The van der Waals surface area contributed by atoms with Crippen LogP contribution in [0, 0.1) is 18.6 Å². The molecule has 1 aliphatic rings. The zero-order valence-corrected chi connectivity index (χ0v) is 21.0. The Morgan fingerprint density at radius 1 is 1.07 bits per heavy atom. The van der Waals surface area contributed by atoms with Crippen molar-refractivity contribution in [1.82, 2.24) is 25.2 Å². The third kappa shape index (κ3) is 4.72. The summed E-state index contributed by atoms with van der Waals surface area (Å²) in [6, 6.07) is 7.48. The fraction of sp³-hybridized carbons (Fsp3) is 0.185. The maximum atomic E-state index is 14.5. The van der Waals surface area contributed by atoms with Crippen molar-refractivity contribution in [3.8, 4) is 0 Å². The molecule has 5 rings (SSSR count). The number of nitrogens with two attached hydrogens (primary N) is 1. The van der Waals surface area contributed by atoms with E-state index in [4.69, 9.17) is 5.73 Å². The van der Waals surface area contributed by atoms with E-state index in [0.717, 1.165) is 34.0 Å². The molecule has 0 unspecified atom stereocenters. The summed E-state index contributed by atoms with van der Waals surface area (Å²) in [7, 11) is 0. The Morgan fingerprint density at radius 2 is 1.85 bits per heavy atom. The van der Waals surface area contributed by atoms with Gasteiger partial charge in [0.05, 0.1) is 23.4 Å². The van der Waals surface area contributed by atoms with E-state index in [2.05, 4.69) is 20.7 Å². The van der Waals surface area contributed by atoms with Crippen molar-refractivity contribution in [3.63, 3.8) is 0 Å². The van der Waals surface area contributed by atoms with Crippen LogP contribution >= 0.6 is 0 Å². The predicted octanol–water partition coefficient (Wildman–Crippen LogP) is 2.46. The van der Waals surface area contributed by atoms with Crippen LogP contribution in [0.25, 0.3) is 5.65 Å². The van der Waals surface area contributed by atoms with E-state index in [1.807, 2.05) is 0 Å². The second-order valence-electron chi connectivity index (χ2n) is 9.29. The van der Waals surface area contributed by atoms with Gasteiger partial charge in [-0.15, -0.1) is 0 Å². The van der Waals surface area contributed by atoms with Crippen LogP contribution in [0.3, 0.4) is 0 Å². The molecule has 40 heavy (non-hydrogen) atoms. The Hall–Kier alpha value is -5.20. The van der Waals surface area contributed by atoms with Gasteiger partial charge in [0, 0.05) is 12.6 Å². The van der Waals surface area contributed by atoms with E-state index in [1.54, 1.807) is 13.0 Å². The van der Waals surface area contributed by atoms with Gasteiger partial charge < -0.3 is 21.5 Å². The molecule has 13 heteroatoms. The molecule has 0 fully saturated rings. The van der Waals surface area contributed by atoms with Crippen LogP contribution in [0.4, 0.5) is 8.78 Å². The maximum Gasteiger partial charge on any atom is 0.335 e. The topological polar surface area (TPSA) is 169 Å². The van der Waals surface area contributed by atoms with Gasteiger partial charge in [0.15, 0.2) is 11.5 Å². The molecular weight excluding hydrogens is 526 g/mol.